The van der Waals surface area contributed by atoms with Crippen LogP contribution in [-0.2, 0) is 11.2 Å². The summed E-state index contributed by atoms with van der Waals surface area (Å²) in [6, 6.07) is 31.6. The molecule has 0 aliphatic carbocycles. The summed E-state index contributed by atoms with van der Waals surface area (Å²) in [5.41, 5.74) is 10.3. The Kier molecular flexibility index (Phi) is 5.41. The number of carbonyl (C=O) groups is 1. The fourth-order valence-electron chi connectivity index (χ4n) is 3.88. The van der Waals surface area contributed by atoms with Crippen LogP contribution in [0.2, 0.25) is 0 Å². The highest BCUT2D eigenvalue weighted by Gasteiger charge is 2.26. The molecule has 0 heterocycles. The summed E-state index contributed by atoms with van der Waals surface area (Å²) < 4.78 is 0. The topological polar surface area (TPSA) is 63.3 Å². The van der Waals surface area contributed by atoms with Gasteiger partial charge in [0.2, 0.25) is 0 Å². The lowest BCUT2D eigenvalue weighted by atomic mass is 9.85. The van der Waals surface area contributed by atoms with Crippen LogP contribution in [0.5, 0.6) is 0 Å². The molecule has 0 fully saturated rings. The quantitative estimate of drug-likeness (QED) is 0.480. The van der Waals surface area contributed by atoms with Gasteiger partial charge >= 0.3 is 5.97 Å². The number of carboxylic acid groups (broad SMARTS) is 1. The fraction of sp³-hybridized carbons (Fsp3) is 0.115. The average Bonchev–Trinajstić information content (AvgIpc) is 2.77. The largest absolute Gasteiger partial charge is 0.480 e. The van der Waals surface area contributed by atoms with Gasteiger partial charge in [0.15, 0.2) is 0 Å². The lowest BCUT2D eigenvalue weighted by Crippen LogP contribution is -2.37. The molecular formula is C26H23NO2. The van der Waals surface area contributed by atoms with Gasteiger partial charge in [-0.05, 0) is 39.4 Å². The molecule has 0 aliphatic rings. The molecule has 29 heavy (non-hydrogen) atoms. The zero-order valence-electron chi connectivity index (χ0n) is 16.0. The SMILES string of the molecule is N[C@H](C(=O)O)C(Cc1ccccc1)c1ccc(-c2cccc3ccccc23)cc1. The first-order valence-corrected chi connectivity index (χ1v) is 9.74. The Morgan fingerprint density at radius 1 is 0.793 bits per heavy atom. The maximum absolute atomic E-state index is 11.6. The highest BCUT2D eigenvalue weighted by atomic mass is 16.4. The standard InChI is InChI=1S/C26H23NO2/c27-25(26(28)29)24(17-18-7-2-1-3-8-18)21-15-13-20(14-16-21)23-12-6-10-19-9-4-5-11-22(19)23/h1-16,24-25H,17,27H2,(H,28,29)/t24?,25-/m0/s1. The van der Waals surface area contributed by atoms with Crippen LogP contribution in [0.3, 0.4) is 0 Å². The Morgan fingerprint density at radius 2 is 1.45 bits per heavy atom. The summed E-state index contributed by atoms with van der Waals surface area (Å²) in [6.45, 7) is 0. The number of aliphatic carboxylic acids is 1. The first-order valence-electron chi connectivity index (χ1n) is 9.74. The normalized spacial score (nSPS) is 13.1. The molecule has 3 heteroatoms. The molecule has 1 unspecified atom stereocenters. The molecule has 4 aromatic rings. The van der Waals surface area contributed by atoms with Crippen molar-refractivity contribution in [2.24, 2.45) is 5.73 Å². The van der Waals surface area contributed by atoms with E-state index in [1.54, 1.807) is 0 Å². The van der Waals surface area contributed by atoms with Crippen molar-refractivity contribution in [2.45, 2.75) is 18.4 Å². The molecule has 4 rings (SSSR count). The molecule has 0 bridgehead atoms. The minimum Gasteiger partial charge on any atom is -0.480 e. The van der Waals surface area contributed by atoms with Gasteiger partial charge in [0.1, 0.15) is 6.04 Å². The molecule has 0 aromatic heterocycles. The second-order valence-electron chi connectivity index (χ2n) is 7.31. The van der Waals surface area contributed by atoms with Gasteiger partial charge in [-0.2, -0.15) is 0 Å². The van der Waals surface area contributed by atoms with Crippen molar-refractivity contribution in [2.75, 3.05) is 0 Å². The number of hydrogen-bond acceptors (Lipinski definition) is 2. The van der Waals surface area contributed by atoms with Gasteiger partial charge in [0.25, 0.3) is 0 Å². The maximum Gasteiger partial charge on any atom is 0.321 e. The van der Waals surface area contributed by atoms with Crippen LogP contribution in [0.25, 0.3) is 21.9 Å². The van der Waals surface area contributed by atoms with Gasteiger partial charge in [-0.3, -0.25) is 4.79 Å². The van der Waals surface area contributed by atoms with E-state index >= 15 is 0 Å². The Labute approximate surface area is 170 Å². The number of benzene rings is 4. The lowest BCUT2D eigenvalue weighted by Gasteiger charge is -2.22. The summed E-state index contributed by atoms with van der Waals surface area (Å²) in [6.07, 6.45) is 0.585. The molecule has 0 saturated carbocycles. The predicted octanol–water partition coefficient (Wildman–Crippen LogP) is 5.25. The molecule has 0 aliphatic heterocycles. The van der Waals surface area contributed by atoms with Crippen molar-refractivity contribution in [3.63, 3.8) is 0 Å². The predicted molar refractivity (Wildman–Crippen MR) is 118 cm³/mol. The molecule has 0 amide bonds. The third kappa shape index (κ3) is 4.05. The second kappa shape index (κ2) is 8.29. The van der Waals surface area contributed by atoms with E-state index in [0.717, 1.165) is 22.3 Å². The summed E-state index contributed by atoms with van der Waals surface area (Å²) in [5, 5.41) is 11.9. The van der Waals surface area contributed by atoms with Crippen LogP contribution in [0.15, 0.2) is 97.1 Å². The van der Waals surface area contributed by atoms with Crippen LogP contribution in [0.4, 0.5) is 0 Å². The Hall–Kier alpha value is -3.43. The smallest absolute Gasteiger partial charge is 0.321 e. The Balaban J connectivity index is 1.69. The van der Waals surface area contributed by atoms with Crippen LogP contribution in [0.1, 0.15) is 17.0 Å². The molecule has 144 valence electrons. The monoisotopic (exact) mass is 381 g/mol. The van der Waals surface area contributed by atoms with E-state index in [1.807, 2.05) is 54.6 Å². The van der Waals surface area contributed by atoms with E-state index in [9.17, 15) is 9.90 Å². The second-order valence-corrected chi connectivity index (χ2v) is 7.31. The highest BCUT2D eigenvalue weighted by Crippen LogP contribution is 2.31. The third-order valence-corrected chi connectivity index (χ3v) is 5.46. The Bertz CT molecular complexity index is 1110. The number of hydrogen-bond donors (Lipinski definition) is 2. The van der Waals surface area contributed by atoms with Gasteiger partial charge in [-0.25, -0.2) is 0 Å². The Morgan fingerprint density at radius 3 is 2.17 bits per heavy atom. The van der Waals surface area contributed by atoms with E-state index < -0.39 is 12.0 Å². The van der Waals surface area contributed by atoms with E-state index in [4.69, 9.17) is 5.73 Å². The summed E-state index contributed by atoms with van der Waals surface area (Å²) in [7, 11) is 0. The van der Waals surface area contributed by atoms with E-state index in [0.29, 0.717) is 6.42 Å². The molecule has 3 nitrogen and oxygen atoms in total. The van der Waals surface area contributed by atoms with Gasteiger partial charge in [-0.15, -0.1) is 0 Å². The third-order valence-electron chi connectivity index (χ3n) is 5.46. The summed E-state index contributed by atoms with van der Waals surface area (Å²) in [5.74, 6) is -1.28. The average molecular weight is 381 g/mol. The maximum atomic E-state index is 11.6. The highest BCUT2D eigenvalue weighted by molar-refractivity contribution is 5.96. The molecule has 4 aromatic carbocycles. The zero-order chi connectivity index (χ0) is 20.2. The van der Waals surface area contributed by atoms with Gasteiger partial charge < -0.3 is 10.8 Å². The van der Waals surface area contributed by atoms with Crippen LogP contribution < -0.4 is 5.73 Å². The van der Waals surface area contributed by atoms with Crippen molar-refractivity contribution in [3.05, 3.63) is 108 Å². The zero-order valence-corrected chi connectivity index (χ0v) is 16.0. The van der Waals surface area contributed by atoms with Gasteiger partial charge in [0, 0.05) is 5.92 Å². The lowest BCUT2D eigenvalue weighted by molar-refractivity contribution is -0.139. The molecular weight excluding hydrogens is 358 g/mol. The van der Waals surface area contributed by atoms with Crippen LogP contribution >= 0.6 is 0 Å². The molecule has 3 N–H and O–H groups in total. The van der Waals surface area contributed by atoms with Crippen LogP contribution in [-0.4, -0.2) is 17.1 Å². The van der Waals surface area contributed by atoms with Crippen molar-refractivity contribution >= 4 is 16.7 Å². The number of carboxylic acids is 1. The van der Waals surface area contributed by atoms with Crippen LogP contribution in [0, 0.1) is 0 Å². The number of fused-ring (bicyclic) bond motifs is 1. The number of nitrogens with two attached hydrogens (primary N) is 1. The van der Waals surface area contributed by atoms with Crippen molar-refractivity contribution in [1.29, 1.82) is 0 Å². The van der Waals surface area contributed by atoms with E-state index in [1.165, 1.54) is 10.8 Å². The molecule has 0 spiro atoms. The van der Waals surface area contributed by atoms with Crippen molar-refractivity contribution in [1.82, 2.24) is 0 Å². The molecule has 0 radical (unpaired) electrons. The van der Waals surface area contributed by atoms with Crippen molar-refractivity contribution in [3.8, 4) is 11.1 Å². The first-order chi connectivity index (χ1) is 14.1. The van der Waals surface area contributed by atoms with Crippen molar-refractivity contribution < 1.29 is 9.90 Å². The van der Waals surface area contributed by atoms with E-state index in [2.05, 4.69) is 42.5 Å². The minimum absolute atomic E-state index is 0.295. The summed E-state index contributed by atoms with van der Waals surface area (Å²) in [4.78, 5) is 11.6. The summed E-state index contributed by atoms with van der Waals surface area (Å²) >= 11 is 0. The number of rotatable bonds is 6. The van der Waals surface area contributed by atoms with E-state index in [-0.39, 0.29) is 5.92 Å². The molecule has 2 atom stereocenters. The fourth-order valence-corrected chi connectivity index (χ4v) is 3.88. The van der Waals surface area contributed by atoms with Gasteiger partial charge in [0.05, 0.1) is 0 Å². The first kappa shape index (κ1) is 18.9. The minimum atomic E-state index is -0.982. The van der Waals surface area contributed by atoms with Gasteiger partial charge in [-0.1, -0.05) is 97.1 Å². The molecule has 0 saturated heterocycles.